The van der Waals surface area contributed by atoms with Gasteiger partial charge in [0.2, 0.25) is 0 Å². The standard InChI is InChI=1S/C20H15N3O3/c1-10-9-15(24)12-5-4-6-13(19(12)26-10)16-17-14(7-8-22-20(17)25)23-11(2)18(16)21-3/h4-9,16,18H,1-2H3,(H,22,25). The first-order valence-corrected chi connectivity index (χ1v) is 8.18. The number of fused-ring (bicyclic) bond motifs is 2. The topological polar surface area (TPSA) is 79.8 Å². The molecule has 3 aromatic rings. The fraction of sp³-hybridized carbons (Fsp3) is 0.200. The van der Waals surface area contributed by atoms with Crippen molar-refractivity contribution in [2.24, 2.45) is 4.99 Å². The predicted octanol–water partition coefficient (Wildman–Crippen LogP) is 3.32. The van der Waals surface area contributed by atoms with Gasteiger partial charge in [0, 0.05) is 17.8 Å². The van der Waals surface area contributed by atoms with Gasteiger partial charge in [-0.3, -0.25) is 9.59 Å². The van der Waals surface area contributed by atoms with Crippen molar-refractivity contribution in [3.8, 4) is 0 Å². The molecular formula is C20H15N3O3. The number of rotatable bonds is 1. The Morgan fingerprint density at radius 2 is 2.04 bits per heavy atom. The molecule has 0 saturated heterocycles. The summed E-state index contributed by atoms with van der Waals surface area (Å²) in [4.78, 5) is 35.8. The quantitative estimate of drug-likeness (QED) is 0.687. The van der Waals surface area contributed by atoms with E-state index in [1.54, 1.807) is 38.2 Å². The summed E-state index contributed by atoms with van der Waals surface area (Å²) in [6.07, 6.45) is 1.54. The Hall–Kier alpha value is -3.46. The summed E-state index contributed by atoms with van der Waals surface area (Å²) in [6.45, 7) is 11.1. The number of benzene rings is 1. The molecule has 0 bridgehead atoms. The number of pyridine rings is 1. The minimum Gasteiger partial charge on any atom is -0.461 e. The molecule has 128 valence electrons. The Morgan fingerprint density at radius 3 is 2.81 bits per heavy atom. The van der Waals surface area contributed by atoms with Crippen molar-refractivity contribution in [3.05, 3.63) is 85.4 Å². The number of aryl methyl sites for hydroxylation is 1. The Bertz CT molecular complexity index is 1230. The molecule has 2 aromatic heterocycles. The van der Waals surface area contributed by atoms with Crippen LogP contribution in [0.3, 0.4) is 0 Å². The van der Waals surface area contributed by atoms with Crippen molar-refractivity contribution < 1.29 is 4.42 Å². The fourth-order valence-corrected chi connectivity index (χ4v) is 3.59. The zero-order valence-electron chi connectivity index (χ0n) is 14.2. The van der Waals surface area contributed by atoms with Crippen LogP contribution in [0.5, 0.6) is 0 Å². The van der Waals surface area contributed by atoms with Crippen LogP contribution in [-0.4, -0.2) is 16.7 Å². The van der Waals surface area contributed by atoms with Gasteiger partial charge >= 0.3 is 0 Å². The molecule has 3 heterocycles. The number of hydrogen-bond acceptors (Lipinski definition) is 4. The lowest BCUT2D eigenvalue weighted by molar-refractivity contribution is 0.557. The van der Waals surface area contributed by atoms with Crippen molar-refractivity contribution in [2.75, 3.05) is 0 Å². The molecule has 0 saturated carbocycles. The van der Waals surface area contributed by atoms with E-state index in [9.17, 15) is 9.59 Å². The van der Waals surface area contributed by atoms with Gasteiger partial charge in [0.1, 0.15) is 17.3 Å². The highest BCUT2D eigenvalue weighted by Crippen LogP contribution is 2.40. The van der Waals surface area contributed by atoms with Gasteiger partial charge in [-0.25, -0.2) is 11.6 Å². The Morgan fingerprint density at radius 1 is 1.23 bits per heavy atom. The number of aliphatic imine (C=N–C) groups is 1. The van der Waals surface area contributed by atoms with Crippen LogP contribution < -0.4 is 11.0 Å². The average molecular weight is 345 g/mol. The zero-order chi connectivity index (χ0) is 18.4. The van der Waals surface area contributed by atoms with Crippen LogP contribution in [0.15, 0.2) is 55.5 Å². The first-order valence-electron chi connectivity index (χ1n) is 8.18. The first kappa shape index (κ1) is 16.0. The lowest BCUT2D eigenvalue weighted by Gasteiger charge is -2.24. The maximum absolute atomic E-state index is 12.6. The van der Waals surface area contributed by atoms with Crippen LogP contribution in [-0.2, 0) is 0 Å². The maximum atomic E-state index is 12.6. The molecule has 1 aliphatic heterocycles. The highest BCUT2D eigenvalue weighted by atomic mass is 16.3. The third kappa shape index (κ3) is 2.29. The molecule has 1 aliphatic rings. The van der Waals surface area contributed by atoms with E-state index in [-0.39, 0.29) is 11.0 Å². The minimum atomic E-state index is -0.637. The molecule has 2 atom stereocenters. The van der Waals surface area contributed by atoms with Gasteiger partial charge < -0.3 is 14.2 Å². The number of aromatic amines is 1. The third-order valence-electron chi connectivity index (χ3n) is 4.71. The van der Waals surface area contributed by atoms with Crippen LogP contribution in [0.1, 0.15) is 29.7 Å². The van der Waals surface area contributed by atoms with Crippen LogP contribution in [0.2, 0.25) is 0 Å². The van der Waals surface area contributed by atoms with Crippen LogP contribution in [0.4, 0.5) is 5.69 Å². The number of aromatic nitrogens is 1. The average Bonchev–Trinajstić information content (AvgIpc) is 2.60. The molecule has 1 aromatic carbocycles. The number of para-hydroxylation sites is 1. The number of hydrogen-bond donors (Lipinski definition) is 1. The Balaban J connectivity index is 2.12. The Kier molecular flexibility index (Phi) is 3.58. The largest absolute Gasteiger partial charge is 0.461 e. The monoisotopic (exact) mass is 345 g/mol. The highest BCUT2D eigenvalue weighted by Gasteiger charge is 2.40. The SMILES string of the molecule is [C-]#[N+]C1C(C)=Nc2cc[nH]c(=O)c2C1c1cccc2c(=O)cc(C)oc12. The first-order chi connectivity index (χ1) is 12.5. The van der Waals surface area contributed by atoms with Gasteiger partial charge in [-0.15, -0.1) is 0 Å². The van der Waals surface area contributed by atoms with Crippen molar-refractivity contribution in [2.45, 2.75) is 25.8 Å². The van der Waals surface area contributed by atoms with Crippen LogP contribution in [0.25, 0.3) is 15.8 Å². The molecule has 0 fully saturated rings. The minimum absolute atomic E-state index is 0.145. The normalized spacial score (nSPS) is 18.9. The lowest BCUT2D eigenvalue weighted by atomic mass is 9.80. The molecule has 26 heavy (non-hydrogen) atoms. The predicted molar refractivity (Wildman–Crippen MR) is 99.3 cm³/mol. The third-order valence-corrected chi connectivity index (χ3v) is 4.71. The lowest BCUT2D eigenvalue weighted by Crippen LogP contribution is -2.32. The van der Waals surface area contributed by atoms with Gasteiger partial charge in [0.05, 0.1) is 22.3 Å². The molecule has 4 rings (SSSR count). The van der Waals surface area contributed by atoms with E-state index in [0.717, 1.165) is 0 Å². The van der Waals surface area contributed by atoms with Gasteiger partial charge in [0.25, 0.3) is 11.6 Å². The fourth-order valence-electron chi connectivity index (χ4n) is 3.59. The summed E-state index contributed by atoms with van der Waals surface area (Å²) in [7, 11) is 0. The van der Waals surface area contributed by atoms with Crippen molar-refractivity contribution >= 4 is 22.4 Å². The van der Waals surface area contributed by atoms with Gasteiger partial charge in [0.15, 0.2) is 5.43 Å². The van der Waals surface area contributed by atoms with E-state index in [4.69, 9.17) is 11.0 Å². The molecule has 0 amide bonds. The second-order valence-electron chi connectivity index (χ2n) is 6.36. The van der Waals surface area contributed by atoms with E-state index >= 15 is 0 Å². The number of nitrogens with zero attached hydrogens (tertiary/aromatic N) is 2. The van der Waals surface area contributed by atoms with Gasteiger partial charge in [-0.1, -0.05) is 12.1 Å². The van der Waals surface area contributed by atoms with E-state index in [2.05, 4.69) is 14.8 Å². The molecule has 0 spiro atoms. The summed E-state index contributed by atoms with van der Waals surface area (Å²) in [5.74, 6) is -0.0729. The summed E-state index contributed by atoms with van der Waals surface area (Å²) >= 11 is 0. The Labute approximate surface area is 148 Å². The van der Waals surface area contributed by atoms with Gasteiger partial charge in [-0.2, -0.15) is 0 Å². The second-order valence-corrected chi connectivity index (χ2v) is 6.36. The van der Waals surface area contributed by atoms with E-state index in [0.29, 0.717) is 39.3 Å². The van der Waals surface area contributed by atoms with E-state index in [1.807, 2.05) is 6.07 Å². The van der Waals surface area contributed by atoms with Gasteiger partial charge in [-0.05, 0) is 26.0 Å². The van der Waals surface area contributed by atoms with Crippen molar-refractivity contribution in [1.82, 2.24) is 4.98 Å². The molecule has 6 nitrogen and oxygen atoms in total. The second kappa shape index (κ2) is 5.81. The van der Waals surface area contributed by atoms with E-state index in [1.165, 1.54) is 6.07 Å². The maximum Gasteiger partial charge on any atom is 0.272 e. The number of nitrogens with one attached hydrogen (secondary N) is 1. The van der Waals surface area contributed by atoms with Crippen LogP contribution in [0, 0.1) is 13.5 Å². The number of H-pyrrole nitrogens is 1. The molecule has 0 radical (unpaired) electrons. The molecule has 1 N–H and O–H groups in total. The molecule has 0 aliphatic carbocycles. The van der Waals surface area contributed by atoms with Crippen molar-refractivity contribution in [1.29, 1.82) is 0 Å². The van der Waals surface area contributed by atoms with Crippen LogP contribution >= 0.6 is 0 Å². The summed E-state index contributed by atoms with van der Waals surface area (Å²) in [5.41, 5.74) is 2.24. The zero-order valence-corrected chi connectivity index (χ0v) is 14.2. The summed E-state index contributed by atoms with van der Waals surface area (Å²) in [5, 5.41) is 0.436. The summed E-state index contributed by atoms with van der Waals surface area (Å²) in [6, 6.07) is 7.77. The summed E-state index contributed by atoms with van der Waals surface area (Å²) < 4.78 is 5.85. The highest BCUT2D eigenvalue weighted by molar-refractivity contribution is 5.96. The van der Waals surface area contributed by atoms with Crippen molar-refractivity contribution in [3.63, 3.8) is 0 Å². The molecular weight excluding hydrogens is 330 g/mol. The smallest absolute Gasteiger partial charge is 0.272 e. The van der Waals surface area contributed by atoms with E-state index < -0.39 is 12.0 Å². The molecule has 2 unspecified atom stereocenters. The molecule has 6 heteroatoms.